The normalized spacial score (nSPS) is 13.7. The molecule has 5 nitrogen and oxygen atoms in total. The molecule has 1 saturated carbocycles. The van der Waals surface area contributed by atoms with Crippen LogP contribution >= 0.6 is 11.6 Å². The topological polar surface area (TPSA) is 66.9 Å². The van der Waals surface area contributed by atoms with Crippen LogP contribution in [0.2, 0.25) is 5.02 Å². The predicted octanol–water partition coefficient (Wildman–Crippen LogP) is 2.68. The summed E-state index contributed by atoms with van der Waals surface area (Å²) in [5.74, 6) is 0.524. The van der Waals surface area contributed by atoms with Gasteiger partial charge in [0, 0.05) is 23.7 Å². The molecule has 1 aromatic heterocycles. The molecule has 0 radical (unpaired) electrons. The molecule has 0 aliphatic heterocycles. The number of anilines is 1. The molecular weight excluding hydrogens is 300 g/mol. The predicted molar refractivity (Wildman–Crippen MR) is 86.2 cm³/mol. The first-order valence-electron chi connectivity index (χ1n) is 7.32. The van der Waals surface area contributed by atoms with Crippen molar-refractivity contribution in [2.75, 3.05) is 11.9 Å². The third-order valence-corrected chi connectivity index (χ3v) is 3.69. The third kappa shape index (κ3) is 4.18. The second-order valence-electron chi connectivity index (χ2n) is 5.34. The third-order valence-electron chi connectivity index (χ3n) is 3.44. The van der Waals surface area contributed by atoms with Crippen LogP contribution < -0.4 is 10.6 Å². The zero-order chi connectivity index (χ0) is 15.4. The number of carbonyl (C=O) groups is 1. The van der Waals surface area contributed by atoms with Gasteiger partial charge in [0.1, 0.15) is 17.8 Å². The largest absolute Gasteiger partial charge is 0.367 e. The molecule has 3 rings (SSSR count). The zero-order valence-electron chi connectivity index (χ0n) is 12.1. The summed E-state index contributed by atoms with van der Waals surface area (Å²) in [4.78, 5) is 20.2. The van der Waals surface area contributed by atoms with Gasteiger partial charge in [-0.2, -0.15) is 0 Å². The van der Waals surface area contributed by atoms with Crippen molar-refractivity contribution in [3.05, 3.63) is 52.9 Å². The Balaban J connectivity index is 1.51. The average Bonchev–Trinajstić information content (AvgIpc) is 3.33. The van der Waals surface area contributed by atoms with E-state index in [1.807, 2.05) is 24.3 Å². The van der Waals surface area contributed by atoms with Crippen LogP contribution in [0.15, 0.2) is 36.7 Å². The summed E-state index contributed by atoms with van der Waals surface area (Å²) in [5, 5.41) is 6.84. The molecule has 22 heavy (non-hydrogen) atoms. The summed E-state index contributed by atoms with van der Waals surface area (Å²) >= 11 is 5.84. The van der Waals surface area contributed by atoms with Crippen LogP contribution in [-0.2, 0) is 6.42 Å². The van der Waals surface area contributed by atoms with Crippen molar-refractivity contribution in [2.45, 2.75) is 25.3 Å². The van der Waals surface area contributed by atoms with E-state index in [1.54, 1.807) is 6.07 Å². The summed E-state index contributed by atoms with van der Waals surface area (Å²) in [6.45, 7) is 0.551. The van der Waals surface area contributed by atoms with E-state index in [4.69, 9.17) is 11.6 Å². The molecular formula is C16H17ClN4O. The minimum absolute atomic E-state index is 0.185. The van der Waals surface area contributed by atoms with Crippen molar-refractivity contribution >= 4 is 23.3 Å². The van der Waals surface area contributed by atoms with Crippen molar-refractivity contribution in [3.8, 4) is 0 Å². The molecule has 2 N–H and O–H groups in total. The van der Waals surface area contributed by atoms with Gasteiger partial charge in [-0.1, -0.05) is 23.7 Å². The lowest BCUT2D eigenvalue weighted by atomic mass is 10.1. The van der Waals surface area contributed by atoms with E-state index < -0.39 is 0 Å². The van der Waals surface area contributed by atoms with E-state index in [1.165, 1.54) is 6.33 Å². The monoisotopic (exact) mass is 316 g/mol. The maximum atomic E-state index is 12.1. The molecule has 1 aliphatic rings. The van der Waals surface area contributed by atoms with Gasteiger partial charge in [0.25, 0.3) is 5.91 Å². The number of hydrogen-bond acceptors (Lipinski definition) is 4. The van der Waals surface area contributed by atoms with E-state index in [-0.39, 0.29) is 5.91 Å². The number of hydrogen-bond donors (Lipinski definition) is 2. The van der Waals surface area contributed by atoms with Crippen molar-refractivity contribution < 1.29 is 4.79 Å². The Hall–Kier alpha value is -2.14. The highest BCUT2D eigenvalue weighted by molar-refractivity contribution is 6.30. The number of amides is 1. The molecule has 1 aromatic carbocycles. The van der Waals surface area contributed by atoms with Gasteiger partial charge < -0.3 is 10.6 Å². The molecule has 1 amide bonds. The first kappa shape index (κ1) is 14.8. The van der Waals surface area contributed by atoms with Crippen LogP contribution in [0.4, 0.5) is 5.82 Å². The molecule has 1 heterocycles. The fourth-order valence-corrected chi connectivity index (χ4v) is 2.19. The van der Waals surface area contributed by atoms with E-state index in [0.717, 1.165) is 24.8 Å². The Morgan fingerprint density at radius 1 is 1.23 bits per heavy atom. The van der Waals surface area contributed by atoms with Gasteiger partial charge in [-0.25, -0.2) is 9.97 Å². The first-order chi connectivity index (χ1) is 10.7. The van der Waals surface area contributed by atoms with Gasteiger partial charge in [0.15, 0.2) is 0 Å². The molecule has 1 fully saturated rings. The SMILES string of the molecule is O=C(NCCc1ccc(Cl)cc1)c1cc(NC2CC2)ncn1. The fraction of sp³-hybridized carbons (Fsp3) is 0.312. The van der Waals surface area contributed by atoms with Crippen molar-refractivity contribution in [1.82, 2.24) is 15.3 Å². The van der Waals surface area contributed by atoms with Crippen LogP contribution in [0.5, 0.6) is 0 Å². The number of nitrogens with zero attached hydrogens (tertiary/aromatic N) is 2. The van der Waals surface area contributed by atoms with Gasteiger partial charge in [0.05, 0.1) is 0 Å². The van der Waals surface area contributed by atoms with Crippen LogP contribution in [0, 0.1) is 0 Å². The van der Waals surface area contributed by atoms with Crippen LogP contribution in [0.1, 0.15) is 28.9 Å². The maximum Gasteiger partial charge on any atom is 0.270 e. The Kier molecular flexibility index (Phi) is 4.53. The van der Waals surface area contributed by atoms with Gasteiger partial charge in [-0.3, -0.25) is 4.79 Å². The first-order valence-corrected chi connectivity index (χ1v) is 7.70. The Morgan fingerprint density at radius 2 is 2.00 bits per heavy atom. The highest BCUT2D eigenvalue weighted by Crippen LogP contribution is 2.23. The fourth-order valence-electron chi connectivity index (χ4n) is 2.06. The molecule has 0 bridgehead atoms. The summed E-state index contributed by atoms with van der Waals surface area (Å²) in [5.41, 5.74) is 1.51. The number of carbonyl (C=O) groups excluding carboxylic acids is 1. The summed E-state index contributed by atoms with van der Waals surface area (Å²) in [7, 11) is 0. The zero-order valence-corrected chi connectivity index (χ0v) is 12.8. The quantitative estimate of drug-likeness (QED) is 0.860. The molecule has 114 valence electrons. The second-order valence-corrected chi connectivity index (χ2v) is 5.78. The Morgan fingerprint density at radius 3 is 2.73 bits per heavy atom. The number of nitrogens with one attached hydrogen (secondary N) is 2. The molecule has 0 unspecified atom stereocenters. The molecule has 0 atom stereocenters. The summed E-state index contributed by atoms with van der Waals surface area (Å²) < 4.78 is 0. The lowest BCUT2D eigenvalue weighted by Gasteiger charge is -2.07. The Bertz CT molecular complexity index is 655. The van der Waals surface area contributed by atoms with E-state index in [0.29, 0.717) is 29.1 Å². The van der Waals surface area contributed by atoms with E-state index in [9.17, 15) is 4.79 Å². The smallest absolute Gasteiger partial charge is 0.270 e. The minimum atomic E-state index is -0.185. The van der Waals surface area contributed by atoms with Gasteiger partial charge in [-0.15, -0.1) is 0 Å². The van der Waals surface area contributed by atoms with Crippen LogP contribution in [0.25, 0.3) is 0 Å². The van der Waals surface area contributed by atoms with E-state index in [2.05, 4.69) is 20.6 Å². The molecule has 0 spiro atoms. The van der Waals surface area contributed by atoms with Crippen LogP contribution in [0.3, 0.4) is 0 Å². The number of rotatable bonds is 6. The summed E-state index contributed by atoms with van der Waals surface area (Å²) in [6, 6.07) is 9.79. The summed E-state index contributed by atoms with van der Waals surface area (Å²) in [6.07, 6.45) is 4.49. The molecule has 1 aliphatic carbocycles. The van der Waals surface area contributed by atoms with Crippen molar-refractivity contribution in [1.29, 1.82) is 0 Å². The van der Waals surface area contributed by atoms with Gasteiger partial charge in [0.2, 0.25) is 0 Å². The van der Waals surface area contributed by atoms with Crippen molar-refractivity contribution in [3.63, 3.8) is 0 Å². The lowest BCUT2D eigenvalue weighted by Crippen LogP contribution is -2.26. The molecule has 0 saturated heterocycles. The second kappa shape index (κ2) is 6.75. The molecule has 2 aromatic rings. The van der Waals surface area contributed by atoms with Crippen LogP contribution in [-0.4, -0.2) is 28.5 Å². The average molecular weight is 317 g/mol. The van der Waals surface area contributed by atoms with E-state index >= 15 is 0 Å². The number of benzene rings is 1. The van der Waals surface area contributed by atoms with Gasteiger partial charge in [-0.05, 0) is 37.0 Å². The minimum Gasteiger partial charge on any atom is -0.367 e. The standard InChI is InChI=1S/C16H17ClN4O/c17-12-3-1-11(2-4-12)7-8-18-16(22)14-9-15(20-10-19-14)21-13-5-6-13/h1-4,9-10,13H,5-8H2,(H,18,22)(H,19,20,21). The highest BCUT2D eigenvalue weighted by Gasteiger charge is 2.21. The van der Waals surface area contributed by atoms with Crippen molar-refractivity contribution in [2.24, 2.45) is 0 Å². The Labute approximate surface area is 134 Å². The maximum absolute atomic E-state index is 12.1. The number of halogens is 1. The molecule has 6 heteroatoms. The lowest BCUT2D eigenvalue weighted by molar-refractivity contribution is 0.0949. The number of aromatic nitrogens is 2. The highest BCUT2D eigenvalue weighted by atomic mass is 35.5. The van der Waals surface area contributed by atoms with Gasteiger partial charge >= 0.3 is 0 Å².